The first-order chi connectivity index (χ1) is 8.74. The summed E-state index contributed by atoms with van der Waals surface area (Å²) in [6, 6.07) is 7.63. The van der Waals surface area contributed by atoms with Crippen LogP contribution in [0.1, 0.15) is 29.6 Å². The first-order valence-electron chi connectivity index (χ1n) is 6.25. The second-order valence-electron chi connectivity index (χ2n) is 4.66. The van der Waals surface area contributed by atoms with Crippen molar-refractivity contribution in [3.8, 4) is 5.75 Å². The van der Waals surface area contributed by atoms with Gasteiger partial charge < -0.3 is 10.1 Å². The monoisotopic (exact) mass is 359 g/mol. The number of carbonyl (C=O) groups is 1. The van der Waals surface area contributed by atoms with Crippen LogP contribution < -0.4 is 10.1 Å². The van der Waals surface area contributed by atoms with Crippen molar-refractivity contribution in [3.63, 3.8) is 0 Å². The summed E-state index contributed by atoms with van der Waals surface area (Å²) in [4.78, 5) is 12.2. The average Bonchev–Trinajstić information content (AvgIpc) is 2.86. The van der Waals surface area contributed by atoms with Crippen molar-refractivity contribution >= 4 is 28.5 Å². The van der Waals surface area contributed by atoms with Crippen LogP contribution in [0.4, 0.5) is 0 Å². The zero-order chi connectivity index (χ0) is 13.0. The van der Waals surface area contributed by atoms with E-state index in [1.54, 1.807) is 13.2 Å². The van der Waals surface area contributed by atoms with E-state index in [9.17, 15) is 4.79 Å². The number of rotatable bonds is 4. The predicted octanol–water partition coefficient (Wildman–Crippen LogP) is 3.03. The van der Waals surface area contributed by atoms with E-state index in [0.717, 1.165) is 16.6 Å². The van der Waals surface area contributed by atoms with Crippen molar-refractivity contribution in [2.45, 2.75) is 25.3 Å². The lowest BCUT2D eigenvalue weighted by Gasteiger charge is -2.19. The smallest absolute Gasteiger partial charge is 0.251 e. The van der Waals surface area contributed by atoms with E-state index in [2.05, 4.69) is 27.9 Å². The van der Waals surface area contributed by atoms with Crippen molar-refractivity contribution in [2.75, 3.05) is 11.5 Å². The molecule has 1 aromatic rings. The average molecular weight is 359 g/mol. The lowest BCUT2D eigenvalue weighted by molar-refractivity contribution is 0.0930. The summed E-state index contributed by atoms with van der Waals surface area (Å²) in [7, 11) is 1.61. The Balaban J connectivity index is 2.02. The Kier molecular flexibility index (Phi) is 4.86. The van der Waals surface area contributed by atoms with E-state index in [1.165, 1.54) is 12.8 Å². The van der Waals surface area contributed by atoms with Gasteiger partial charge in [-0.3, -0.25) is 4.79 Å². The molecule has 18 heavy (non-hydrogen) atoms. The number of amides is 1. The molecule has 1 fully saturated rings. The predicted molar refractivity (Wildman–Crippen MR) is 80.5 cm³/mol. The minimum atomic E-state index is 0.00986. The highest BCUT2D eigenvalue weighted by Gasteiger charge is 2.27. The molecule has 1 unspecified atom stereocenters. The van der Waals surface area contributed by atoms with Crippen molar-refractivity contribution in [2.24, 2.45) is 5.92 Å². The first-order valence-corrected chi connectivity index (χ1v) is 7.78. The minimum absolute atomic E-state index is 0.00986. The van der Waals surface area contributed by atoms with Crippen LogP contribution >= 0.6 is 22.6 Å². The van der Waals surface area contributed by atoms with Gasteiger partial charge in [0, 0.05) is 16.0 Å². The molecular weight excluding hydrogens is 341 g/mol. The van der Waals surface area contributed by atoms with Gasteiger partial charge in [-0.15, -0.1) is 0 Å². The first kappa shape index (κ1) is 13.6. The van der Waals surface area contributed by atoms with Gasteiger partial charge in [0.15, 0.2) is 0 Å². The van der Waals surface area contributed by atoms with Crippen molar-refractivity contribution in [3.05, 3.63) is 29.8 Å². The number of methoxy groups -OCH3 is 1. The maximum absolute atomic E-state index is 12.2. The van der Waals surface area contributed by atoms with Crippen LogP contribution in [0, 0.1) is 5.92 Å². The summed E-state index contributed by atoms with van der Waals surface area (Å²) in [5.74, 6) is 1.36. The molecule has 0 heterocycles. The molecule has 0 aromatic heterocycles. The summed E-state index contributed by atoms with van der Waals surface area (Å²) >= 11 is 2.41. The highest BCUT2D eigenvalue weighted by Crippen LogP contribution is 2.27. The van der Waals surface area contributed by atoms with E-state index in [4.69, 9.17) is 4.74 Å². The third-order valence-corrected chi connectivity index (χ3v) is 4.64. The maximum atomic E-state index is 12.2. The van der Waals surface area contributed by atoms with E-state index in [-0.39, 0.29) is 5.91 Å². The number of halogens is 1. The second kappa shape index (κ2) is 6.41. The standard InChI is InChI=1S/C14H18INO2/c1-18-12-6-2-4-10(8-12)14(17)16-13-7-3-5-11(13)9-15/h2,4,6,8,11,13H,3,5,7,9H2,1H3,(H,16,17)/t11-,13?/m1/s1. The molecule has 1 saturated carbocycles. The molecule has 0 bridgehead atoms. The highest BCUT2D eigenvalue weighted by molar-refractivity contribution is 14.1. The SMILES string of the molecule is COc1cccc(C(=O)NC2CCC[C@@H]2CI)c1. The van der Waals surface area contributed by atoms with Crippen molar-refractivity contribution < 1.29 is 9.53 Å². The second-order valence-corrected chi connectivity index (χ2v) is 5.54. The quantitative estimate of drug-likeness (QED) is 0.663. The van der Waals surface area contributed by atoms with Gasteiger partial charge in [-0.2, -0.15) is 0 Å². The van der Waals surface area contributed by atoms with Crippen molar-refractivity contribution in [1.29, 1.82) is 0 Å². The van der Waals surface area contributed by atoms with Crippen LogP contribution in [0.15, 0.2) is 24.3 Å². The van der Waals surface area contributed by atoms with Gasteiger partial charge in [0.2, 0.25) is 0 Å². The molecule has 4 heteroatoms. The van der Waals surface area contributed by atoms with Crippen molar-refractivity contribution in [1.82, 2.24) is 5.32 Å². The van der Waals surface area contributed by atoms with Crippen LogP contribution in [0.3, 0.4) is 0 Å². The lowest BCUT2D eigenvalue weighted by atomic mass is 10.1. The fourth-order valence-corrected chi connectivity index (χ4v) is 3.48. The van der Waals surface area contributed by atoms with E-state index >= 15 is 0 Å². The minimum Gasteiger partial charge on any atom is -0.497 e. The summed E-state index contributed by atoms with van der Waals surface area (Å²) in [6.07, 6.45) is 3.55. The third-order valence-electron chi connectivity index (χ3n) is 3.51. The van der Waals surface area contributed by atoms with Gasteiger partial charge in [0.05, 0.1) is 7.11 Å². The Bertz CT molecular complexity index is 422. The van der Waals surface area contributed by atoms with Gasteiger partial charge in [-0.1, -0.05) is 35.1 Å². The van der Waals surface area contributed by atoms with Crippen LogP contribution in [0.2, 0.25) is 0 Å². The molecule has 1 N–H and O–H groups in total. The number of benzene rings is 1. The molecule has 0 radical (unpaired) electrons. The zero-order valence-corrected chi connectivity index (χ0v) is 12.6. The van der Waals surface area contributed by atoms with E-state index in [1.807, 2.05) is 18.2 Å². The molecule has 2 rings (SSSR count). The van der Waals surface area contributed by atoms with Gasteiger partial charge in [0.25, 0.3) is 5.91 Å². The molecule has 1 aliphatic carbocycles. The number of carbonyl (C=O) groups excluding carboxylic acids is 1. The van der Waals surface area contributed by atoms with Crippen LogP contribution in [0.5, 0.6) is 5.75 Å². The third kappa shape index (κ3) is 3.16. The molecule has 0 aliphatic heterocycles. The van der Waals surface area contributed by atoms with Gasteiger partial charge in [-0.05, 0) is 37.0 Å². The summed E-state index contributed by atoms with van der Waals surface area (Å²) in [5.41, 5.74) is 0.674. The van der Waals surface area contributed by atoms with Crippen LogP contribution in [0.25, 0.3) is 0 Å². The van der Waals surface area contributed by atoms with Crippen LogP contribution in [-0.4, -0.2) is 23.5 Å². The van der Waals surface area contributed by atoms with Gasteiger partial charge in [-0.25, -0.2) is 0 Å². The van der Waals surface area contributed by atoms with Gasteiger partial charge >= 0.3 is 0 Å². The fourth-order valence-electron chi connectivity index (χ4n) is 2.43. The molecule has 1 amide bonds. The number of nitrogens with one attached hydrogen (secondary N) is 1. The lowest BCUT2D eigenvalue weighted by Crippen LogP contribution is -2.37. The van der Waals surface area contributed by atoms with E-state index in [0.29, 0.717) is 17.5 Å². The molecule has 1 aliphatic rings. The topological polar surface area (TPSA) is 38.3 Å². The molecule has 2 atom stereocenters. The zero-order valence-electron chi connectivity index (χ0n) is 10.5. The largest absolute Gasteiger partial charge is 0.497 e. The Labute approximate surface area is 121 Å². The Morgan fingerprint density at radius 2 is 2.33 bits per heavy atom. The summed E-state index contributed by atoms with van der Waals surface area (Å²) < 4.78 is 6.25. The highest BCUT2D eigenvalue weighted by atomic mass is 127. The molecule has 0 spiro atoms. The molecule has 98 valence electrons. The van der Waals surface area contributed by atoms with Crippen LogP contribution in [-0.2, 0) is 0 Å². The summed E-state index contributed by atoms with van der Waals surface area (Å²) in [6.45, 7) is 0. The van der Waals surface area contributed by atoms with E-state index < -0.39 is 0 Å². The number of alkyl halides is 1. The Hall–Kier alpha value is -0.780. The molecular formula is C14H18INO2. The molecule has 3 nitrogen and oxygen atoms in total. The fraction of sp³-hybridized carbons (Fsp3) is 0.500. The Morgan fingerprint density at radius 3 is 3.06 bits per heavy atom. The number of hydrogen-bond donors (Lipinski definition) is 1. The van der Waals surface area contributed by atoms with Gasteiger partial charge in [0.1, 0.15) is 5.75 Å². The maximum Gasteiger partial charge on any atom is 0.251 e. The molecule has 1 aromatic carbocycles. The number of hydrogen-bond acceptors (Lipinski definition) is 2. The molecule has 0 saturated heterocycles. The summed E-state index contributed by atoms with van der Waals surface area (Å²) in [5, 5.41) is 3.15. The number of ether oxygens (including phenoxy) is 1. The normalized spacial score (nSPS) is 22.8. The Morgan fingerprint density at radius 1 is 1.50 bits per heavy atom.